The minimum Gasteiger partial charge on any atom is -0.543 e. The van der Waals surface area contributed by atoms with Gasteiger partial charge in [0, 0.05) is 6.07 Å². The summed E-state index contributed by atoms with van der Waals surface area (Å²) in [5.41, 5.74) is 1.75. The molecule has 1 aromatic carbocycles. The van der Waals surface area contributed by atoms with E-state index < -0.39 is 8.32 Å². The van der Waals surface area contributed by atoms with Gasteiger partial charge in [-0.2, -0.15) is 0 Å². The predicted octanol–water partition coefficient (Wildman–Crippen LogP) is 3.43. The van der Waals surface area contributed by atoms with E-state index in [1.54, 1.807) is 0 Å². The highest BCUT2D eigenvalue weighted by Gasteiger charge is 2.39. The summed E-state index contributed by atoms with van der Waals surface area (Å²) < 4.78 is 6.25. The SMILES string of the molecule is CC(C)(C)[Si](C)(C)Oc1ccc2c(c1)NCC(=O)N2. The number of anilines is 2. The van der Waals surface area contributed by atoms with Crippen molar-refractivity contribution in [1.82, 2.24) is 0 Å². The van der Waals surface area contributed by atoms with Crippen molar-refractivity contribution in [2.45, 2.75) is 38.9 Å². The molecule has 0 aliphatic carbocycles. The van der Waals surface area contributed by atoms with Gasteiger partial charge >= 0.3 is 0 Å². The summed E-state index contributed by atoms with van der Waals surface area (Å²) >= 11 is 0. The molecule has 2 N–H and O–H groups in total. The fourth-order valence-electron chi connectivity index (χ4n) is 1.66. The first-order valence-corrected chi connectivity index (χ1v) is 9.47. The number of hydrogen-bond donors (Lipinski definition) is 2. The zero-order valence-corrected chi connectivity index (χ0v) is 13.3. The van der Waals surface area contributed by atoms with Gasteiger partial charge in [-0.05, 0) is 30.3 Å². The standard InChI is InChI=1S/C14H22N2O2Si/c1-14(2,3)19(4,5)18-10-6-7-11-12(8-10)15-9-13(17)16-11/h6-8,15H,9H2,1-5H3,(H,16,17). The van der Waals surface area contributed by atoms with Crippen LogP contribution in [0.2, 0.25) is 18.1 Å². The van der Waals surface area contributed by atoms with Crippen molar-refractivity contribution >= 4 is 25.6 Å². The predicted molar refractivity (Wildman–Crippen MR) is 81.4 cm³/mol. The Bertz CT molecular complexity index is 507. The molecule has 1 aromatic rings. The molecule has 0 aromatic heterocycles. The van der Waals surface area contributed by atoms with Gasteiger partial charge in [0.25, 0.3) is 0 Å². The fourth-order valence-corrected chi connectivity index (χ4v) is 2.68. The van der Waals surface area contributed by atoms with Crippen LogP contribution in [0.1, 0.15) is 20.8 Å². The highest BCUT2D eigenvalue weighted by Crippen LogP contribution is 2.38. The van der Waals surface area contributed by atoms with Gasteiger partial charge < -0.3 is 15.1 Å². The van der Waals surface area contributed by atoms with Crippen molar-refractivity contribution in [3.05, 3.63) is 18.2 Å². The highest BCUT2D eigenvalue weighted by molar-refractivity contribution is 6.74. The molecule has 0 unspecified atom stereocenters. The summed E-state index contributed by atoms with van der Waals surface area (Å²) in [6.45, 7) is 11.4. The van der Waals surface area contributed by atoms with Gasteiger partial charge in [0.15, 0.2) is 0 Å². The molecule has 104 valence electrons. The van der Waals surface area contributed by atoms with E-state index >= 15 is 0 Å². The fraction of sp³-hybridized carbons (Fsp3) is 0.500. The lowest BCUT2D eigenvalue weighted by Gasteiger charge is -2.36. The third-order valence-corrected chi connectivity index (χ3v) is 8.24. The van der Waals surface area contributed by atoms with E-state index in [4.69, 9.17) is 4.43 Å². The Balaban J connectivity index is 2.22. The molecule has 0 fully saturated rings. The normalized spacial score (nSPS) is 15.3. The number of rotatable bonds is 2. The Morgan fingerprint density at radius 3 is 2.53 bits per heavy atom. The molecule has 0 saturated carbocycles. The van der Waals surface area contributed by atoms with Gasteiger partial charge in [0.1, 0.15) is 5.75 Å². The van der Waals surface area contributed by atoms with Crippen LogP contribution in [0.4, 0.5) is 11.4 Å². The van der Waals surface area contributed by atoms with Crippen LogP contribution in [-0.2, 0) is 4.79 Å². The zero-order valence-electron chi connectivity index (χ0n) is 12.3. The minimum atomic E-state index is -1.82. The Kier molecular flexibility index (Phi) is 3.34. The molecule has 0 bridgehead atoms. The molecule has 0 spiro atoms. The highest BCUT2D eigenvalue weighted by atomic mass is 28.4. The van der Waals surface area contributed by atoms with E-state index in [0.717, 1.165) is 17.1 Å². The van der Waals surface area contributed by atoms with Crippen LogP contribution in [0, 0.1) is 0 Å². The Morgan fingerprint density at radius 1 is 1.21 bits per heavy atom. The molecule has 1 heterocycles. The second kappa shape index (κ2) is 4.56. The van der Waals surface area contributed by atoms with E-state index in [1.165, 1.54) is 0 Å². The third kappa shape index (κ3) is 2.92. The summed E-state index contributed by atoms with van der Waals surface area (Å²) in [4.78, 5) is 11.3. The zero-order chi connectivity index (χ0) is 14.3. The second-order valence-corrected chi connectivity index (χ2v) is 11.2. The maximum Gasteiger partial charge on any atom is 0.250 e. The van der Waals surface area contributed by atoms with Crippen LogP contribution in [0.3, 0.4) is 0 Å². The van der Waals surface area contributed by atoms with E-state index in [-0.39, 0.29) is 10.9 Å². The average Bonchev–Trinajstić information content (AvgIpc) is 2.27. The Morgan fingerprint density at radius 2 is 1.89 bits per heavy atom. The molecule has 1 amide bonds. The number of carbonyl (C=O) groups is 1. The van der Waals surface area contributed by atoms with Crippen LogP contribution in [-0.4, -0.2) is 20.8 Å². The van der Waals surface area contributed by atoms with Crippen LogP contribution < -0.4 is 15.1 Å². The molecule has 1 aliphatic rings. The number of hydrogen-bond acceptors (Lipinski definition) is 3. The van der Waals surface area contributed by atoms with E-state index in [9.17, 15) is 4.79 Å². The lowest BCUT2D eigenvalue weighted by atomic mass is 10.2. The first-order valence-electron chi connectivity index (χ1n) is 6.56. The van der Waals surface area contributed by atoms with E-state index in [0.29, 0.717) is 6.54 Å². The summed E-state index contributed by atoms with van der Waals surface area (Å²) in [7, 11) is -1.82. The lowest BCUT2D eigenvalue weighted by Crippen LogP contribution is -2.43. The van der Waals surface area contributed by atoms with E-state index in [1.807, 2.05) is 18.2 Å². The molecule has 1 aliphatic heterocycles. The van der Waals surface area contributed by atoms with E-state index in [2.05, 4.69) is 44.5 Å². The summed E-state index contributed by atoms with van der Waals surface area (Å²) in [6.07, 6.45) is 0. The van der Waals surface area contributed by atoms with Crippen LogP contribution in [0.5, 0.6) is 5.75 Å². The van der Waals surface area contributed by atoms with Gasteiger partial charge in [0.05, 0.1) is 17.9 Å². The summed E-state index contributed by atoms with van der Waals surface area (Å²) in [5.74, 6) is 0.861. The van der Waals surface area contributed by atoms with Crippen LogP contribution in [0.25, 0.3) is 0 Å². The maximum atomic E-state index is 11.3. The third-order valence-electron chi connectivity index (χ3n) is 3.88. The maximum absolute atomic E-state index is 11.3. The number of nitrogens with one attached hydrogen (secondary N) is 2. The van der Waals surface area contributed by atoms with Crippen molar-refractivity contribution in [2.75, 3.05) is 17.2 Å². The van der Waals surface area contributed by atoms with Gasteiger partial charge in [-0.1, -0.05) is 20.8 Å². The molecule has 0 saturated heterocycles. The quantitative estimate of drug-likeness (QED) is 0.815. The molecule has 19 heavy (non-hydrogen) atoms. The van der Waals surface area contributed by atoms with Crippen molar-refractivity contribution in [3.8, 4) is 5.75 Å². The number of fused-ring (bicyclic) bond motifs is 1. The molecule has 4 nitrogen and oxygen atoms in total. The van der Waals surface area contributed by atoms with Crippen molar-refractivity contribution in [3.63, 3.8) is 0 Å². The number of carbonyl (C=O) groups excluding carboxylic acids is 1. The molecular formula is C14H22N2O2Si. The molecular weight excluding hydrogens is 256 g/mol. The van der Waals surface area contributed by atoms with Crippen molar-refractivity contribution in [1.29, 1.82) is 0 Å². The van der Waals surface area contributed by atoms with Crippen LogP contribution in [0.15, 0.2) is 18.2 Å². The monoisotopic (exact) mass is 278 g/mol. The van der Waals surface area contributed by atoms with Gasteiger partial charge in [0.2, 0.25) is 14.2 Å². The van der Waals surface area contributed by atoms with Crippen LogP contribution >= 0.6 is 0 Å². The number of amides is 1. The Labute approximate surface area is 115 Å². The van der Waals surface area contributed by atoms with Gasteiger partial charge in [-0.3, -0.25) is 4.79 Å². The summed E-state index contributed by atoms with van der Waals surface area (Å²) in [6, 6.07) is 5.78. The first kappa shape index (κ1) is 13.9. The van der Waals surface area contributed by atoms with Crippen molar-refractivity contribution < 1.29 is 9.22 Å². The van der Waals surface area contributed by atoms with Gasteiger partial charge in [-0.25, -0.2) is 0 Å². The largest absolute Gasteiger partial charge is 0.543 e. The van der Waals surface area contributed by atoms with Gasteiger partial charge in [-0.15, -0.1) is 0 Å². The molecule has 0 radical (unpaired) electrons. The van der Waals surface area contributed by atoms with Crippen molar-refractivity contribution in [2.24, 2.45) is 0 Å². The smallest absolute Gasteiger partial charge is 0.250 e. The molecule has 0 atom stereocenters. The second-order valence-electron chi connectivity index (χ2n) is 6.47. The average molecular weight is 278 g/mol. The molecule has 5 heteroatoms. The Hall–Kier alpha value is -1.49. The summed E-state index contributed by atoms with van der Waals surface area (Å²) in [5, 5.41) is 6.11. The minimum absolute atomic E-state index is 0.00874. The molecule has 2 rings (SSSR count). The first-order chi connectivity index (χ1) is 8.69. The topological polar surface area (TPSA) is 50.4 Å². The lowest BCUT2D eigenvalue weighted by molar-refractivity contribution is -0.114. The number of benzene rings is 1.